The van der Waals surface area contributed by atoms with Crippen LogP contribution in [0.5, 0.6) is 5.75 Å². The molecule has 1 amide bonds. The summed E-state index contributed by atoms with van der Waals surface area (Å²) in [4.78, 5) is 12.9. The van der Waals surface area contributed by atoms with Crippen molar-refractivity contribution in [1.82, 2.24) is 5.32 Å². The molecular weight excluding hydrogens is 258 g/mol. The van der Waals surface area contributed by atoms with E-state index in [1.54, 1.807) is 11.3 Å². The molecule has 0 spiro atoms. The van der Waals surface area contributed by atoms with Crippen LogP contribution in [0.4, 0.5) is 0 Å². The van der Waals surface area contributed by atoms with Crippen LogP contribution in [-0.2, 0) is 11.2 Å². The summed E-state index contributed by atoms with van der Waals surface area (Å²) in [7, 11) is 0. The highest BCUT2D eigenvalue weighted by atomic mass is 32.1. The summed E-state index contributed by atoms with van der Waals surface area (Å²) in [5, 5.41) is 4.98. The van der Waals surface area contributed by atoms with E-state index in [1.165, 1.54) is 5.56 Å². The number of hydrogen-bond acceptors (Lipinski definition) is 3. The van der Waals surface area contributed by atoms with Crippen molar-refractivity contribution >= 4 is 17.2 Å². The second kappa shape index (κ2) is 5.45. The SMILES string of the molecule is O=C(Cc1cccs1)NC[C@H]1COc2ccccc21. The Bertz CT molecular complexity index is 565. The minimum Gasteiger partial charge on any atom is -0.493 e. The summed E-state index contributed by atoms with van der Waals surface area (Å²) in [5.74, 6) is 1.29. The quantitative estimate of drug-likeness (QED) is 0.930. The molecule has 3 rings (SSSR count). The average molecular weight is 273 g/mol. The first-order valence-electron chi connectivity index (χ1n) is 6.34. The van der Waals surface area contributed by atoms with Crippen molar-refractivity contribution in [3.05, 3.63) is 52.2 Å². The van der Waals surface area contributed by atoms with E-state index in [4.69, 9.17) is 4.74 Å². The van der Waals surface area contributed by atoms with Crippen LogP contribution < -0.4 is 10.1 Å². The standard InChI is InChI=1S/C15H15NO2S/c17-15(8-12-4-3-7-19-12)16-9-11-10-18-14-6-2-1-5-13(11)14/h1-7,11H,8-10H2,(H,16,17)/t11-/m0/s1. The Morgan fingerprint density at radius 1 is 1.32 bits per heavy atom. The van der Waals surface area contributed by atoms with Crippen LogP contribution in [0.3, 0.4) is 0 Å². The van der Waals surface area contributed by atoms with Crippen molar-refractivity contribution in [2.24, 2.45) is 0 Å². The van der Waals surface area contributed by atoms with E-state index in [2.05, 4.69) is 11.4 Å². The number of benzene rings is 1. The molecule has 0 bridgehead atoms. The van der Waals surface area contributed by atoms with E-state index >= 15 is 0 Å². The number of thiophene rings is 1. The van der Waals surface area contributed by atoms with Gasteiger partial charge in [0.05, 0.1) is 13.0 Å². The second-order valence-electron chi connectivity index (χ2n) is 4.61. The topological polar surface area (TPSA) is 38.3 Å². The van der Waals surface area contributed by atoms with E-state index < -0.39 is 0 Å². The fourth-order valence-electron chi connectivity index (χ4n) is 2.27. The van der Waals surface area contributed by atoms with Gasteiger partial charge in [-0.15, -0.1) is 11.3 Å². The van der Waals surface area contributed by atoms with Gasteiger partial charge < -0.3 is 10.1 Å². The van der Waals surface area contributed by atoms with Crippen molar-refractivity contribution in [3.8, 4) is 5.75 Å². The molecule has 19 heavy (non-hydrogen) atoms. The van der Waals surface area contributed by atoms with E-state index in [9.17, 15) is 4.79 Å². The summed E-state index contributed by atoms with van der Waals surface area (Å²) in [6.45, 7) is 1.29. The number of amides is 1. The molecule has 1 N–H and O–H groups in total. The molecule has 2 aromatic rings. The molecule has 1 aliphatic rings. The maximum absolute atomic E-state index is 11.8. The van der Waals surface area contributed by atoms with Crippen LogP contribution >= 0.6 is 11.3 Å². The van der Waals surface area contributed by atoms with E-state index in [1.807, 2.05) is 35.7 Å². The van der Waals surface area contributed by atoms with Gasteiger partial charge in [-0.3, -0.25) is 4.79 Å². The van der Waals surface area contributed by atoms with Crippen molar-refractivity contribution in [1.29, 1.82) is 0 Å². The third-order valence-electron chi connectivity index (χ3n) is 3.26. The Hall–Kier alpha value is -1.81. The molecule has 98 valence electrons. The highest BCUT2D eigenvalue weighted by molar-refractivity contribution is 7.10. The lowest BCUT2D eigenvalue weighted by molar-refractivity contribution is -0.120. The molecular formula is C15H15NO2S. The number of fused-ring (bicyclic) bond motifs is 1. The predicted octanol–water partition coefficient (Wildman–Crippen LogP) is 2.58. The van der Waals surface area contributed by atoms with Gasteiger partial charge in [-0.1, -0.05) is 24.3 Å². The lowest BCUT2D eigenvalue weighted by Crippen LogP contribution is -2.30. The molecule has 0 fully saturated rings. The zero-order valence-corrected chi connectivity index (χ0v) is 11.3. The summed E-state index contributed by atoms with van der Waals surface area (Å²) < 4.78 is 5.60. The lowest BCUT2D eigenvalue weighted by Gasteiger charge is -2.10. The zero-order valence-electron chi connectivity index (χ0n) is 10.5. The van der Waals surface area contributed by atoms with E-state index in [0.29, 0.717) is 19.6 Å². The van der Waals surface area contributed by atoms with Gasteiger partial charge in [-0.25, -0.2) is 0 Å². The third-order valence-corrected chi connectivity index (χ3v) is 4.14. The van der Waals surface area contributed by atoms with Gasteiger partial charge in [0.15, 0.2) is 0 Å². The van der Waals surface area contributed by atoms with Crippen LogP contribution in [0.2, 0.25) is 0 Å². The van der Waals surface area contributed by atoms with Crippen molar-refractivity contribution in [3.63, 3.8) is 0 Å². The normalized spacial score (nSPS) is 16.7. The highest BCUT2D eigenvalue weighted by Gasteiger charge is 2.23. The second-order valence-corrected chi connectivity index (χ2v) is 5.64. The van der Waals surface area contributed by atoms with Gasteiger partial charge in [0.2, 0.25) is 5.91 Å². The van der Waals surface area contributed by atoms with Crippen LogP contribution in [0.25, 0.3) is 0 Å². The Morgan fingerprint density at radius 3 is 3.05 bits per heavy atom. The molecule has 3 nitrogen and oxygen atoms in total. The van der Waals surface area contributed by atoms with Crippen LogP contribution in [0.15, 0.2) is 41.8 Å². The monoisotopic (exact) mass is 273 g/mol. The smallest absolute Gasteiger partial charge is 0.225 e. The Balaban J connectivity index is 1.55. The number of carbonyl (C=O) groups is 1. The molecule has 1 aliphatic heterocycles. The molecule has 0 saturated carbocycles. The number of rotatable bonds is 4. The molecule has 0 unspecified atom stereocenters. The van der Waals surface area contributed by atoms with Gasteiger partial charge >= 0.3 is 0 Å². The molecule has 0 saturated heterocycles. The van der Waals surface area contributed by atoms with Crippen LogP contribution in [-0.4, -0.2) is 19.1 Å². The summed E-state index contributed by atoms with van der Waals surface area (Å²) >= 11 is 1.61. The largest absolute Gasteiger partial charge is 0.493 e. The average Bonchev–Trinajstić information content (AvgIpc) is 3.05. The van der Waals surface area contributed by atoms with Crippen molar-refractivity contribution in [2.75, 3.05) is 13.2 Å². The minimum absolute atomic E-state index is 0.0758. The summed E-state index contributed by atoms with van der Waals surface area (Å²) in [6.07, 6.45) is 0.465. The molecule has 2 heterocycles. The van der Waals surface area contributed by atoms with Gasteiger partial charge in [-0.2, -0.15) is 0 Å². The Morgan fingerprint density at radius 2 is 2.21 bits per heavy atom. The number of ether oxygens (including phenoxy) is 1. The zero-order chi connectivity index (χ0) is 13.1. The number of nitrogens with one attached hydrogen (secondary N) is 1. The Labute approximate surface area is 116 Å². The fraction of sp³-hybridized carbons (Fsp3) is 0.267. The molecule has 1 aromatic heterocycles. The van der Waals surface area contributed by atoms with E-state index in [-0.39, 0.29) is 11.8 Å². The van der Waals surface area contributed by atoms with Crippen molar-refractivity contribution in [2.45, 2.75) is 12.3 Å². The van der Waals surface area contributed by atoms with Gasteiger partial charge in [0.25, 0.3) is 0 Å². The first kappa shape index (κ1) is 12.2. The van der Waals surface area contributed by atoms with E-state index in [0.717, 1.165) is 10.6 Å². The van der Waals surface area contributed by atoms with Crippen molar-refractivity contribution < 1.29 is 9.53 Å². The molecule has 1 atom stereocenters. The van der Waals surface area contributed by atoms with Gasteiger partial charge in [0.1, 0.15) is 5.75 Å². The molecule has 1 aromatic carbocycles. The predicted molar refractivity (Wildman–Crippen MR) is 75.7 cm³/mol. The molecule has 4 heteroatoms. The van der Waals surface area contributed by atoms with Gasteiger partial charge in [-0.05, 0) is 17.5 Å². The number of carbonyl (C=O) groups excluding carboxylic acids is 1. The summed E-state index contributed by atoms with van der Waals surface area (Å²) in [6, 6.07) is 12.0. The highest BCUT2D eigenvalue weighted by Crippen LogP contribution is 2.32. The number of para-hydroxylation sites is 1. The lowest BCUT2D eigenvalue weighted by atomic mass is 10.0. The first-order valence-corrected chi connectivity index (χ1v) is 7.21. The molecule has 0 aliphatic carbocycles. The number of hydrogen-bond donors (Lipinski definition) is 1. The fourth-order valence-corrected chi connectivity index (χ4v) is 2.97. The van der Waals surface area contributed by atoms with Gasteiger partial charge in [0, 0.05) is 22.9 Å². The minimum atomic E-state index is 0.0758. The third kappa shape index (κ3) is 2.79. The van der Waals surface area contributed by atoms with Crippen LogP contribution in [0.1, 0.15) is 16.4 Å². The van der Waals surface area contributed by atoms with Crippen LogP contribution in [0, 0.1) is 0 Å². The summed E-state index contributed by atoms with van der Waals surface area (Å²) in [5.41, 5.74) is 1.19. The Kier molecular flexibility index (Phi) is 3.51. The first-order chi connectivity index (χ1) is 9.33. The maximum Gasteiger partial charge on any atom is 0.225 e. The maximum atomic E-state index is 11.8. The molecule has 0 radical (unpaired) electrons.